The van der Waals surface area contributed by atoms with Crippen molar-refractivity contribution >= 4 is 23.8 Å². The van der Waals surface area contributed by atoms with E-state index in [2.05, 4.69) is 0 Å². The first kappa shape index (κ1) is 18.0. The number of ether oxygens (including phenoxy) is 1. The number of piperidine rings is 1. The predicted octanol–water partition coefficient (Wildman–Crippen LogP) is 2.35. The minimum atomic E-state index is -1.15. The third-order valence-electron chi connectivity index (χ3n) is 4.23. The van der Waals surface area contributed by atoms with Crippen LogP contribution in [-0.2, 0) is 9.53 Å². The van der Waals surface area contributed by atoms with Gasteiger partial charge in [-0.3, -0.25) is 19.3 Å². The third kappa shape index (κ3) is 2.95. The predicted molar refractivity (Wildman–Crippen MR) is 87.9 cm³/mol. The molecular weight excluding hydrogens is 343 g/mol. The third-order valence-corrected chi connectivity index (χ3v) is 4.23. The van der Waals surface area contributed by atoms with Gasteiger partial charge in [0.2, 0.25) is 0 Å². The van der Waals surface area contributed by atoms with E-state index >= 15 is 0 Å². The molecule has 0 aromatic heterocycles. The maximum Gasteiger partial charge on any atom is 0.417 e. The monoisotopic (exact) mass is 362 g/mol. The van der Waals surface area contributed by atoms with Crippen molar-refractivity contribution < 1.29 is 28.3 Å². The summed E-state index contributed by atoms with van der Waals surface area (Å²) < 4.78 is 19.2. The summed E-state index contributed by atoms with van der Waals surface area (Å²) in [4.78, 5) is 51.8. The lowest BCUT2D eigenvalue weighted by molar-refractivity contribution is -0.137. The highest BCUT2D eigenvalue weighted by molar-refractivity contribution is 6.23. The maximum absolute atomic E-state index is 14.0. The number of likely N-dealkylation sites (tertiary alicyclic amines) is 1. The van der Waals surface area contributed by atoms with Crippen molar-refractivity contribution in [2.45, 2.75) is 45.3 Å². The van der Waals surface area contributed by atoms with Gasteiger partial charge >= 0.3 is 6.09 Å². The van der Waals surface area contributed by atoms with E-state index in [1.807, 2.05) is 0 Å². The molecule has 0 saturated carbocycles. The van der Waals surface area contributed by atoms with Crippen LogP contribution in [-0.4, -0.2) is 51.8 Å². The van der Waals surface area contributed by atoms with E-state index < -0.39 is 41.3 Å². The Morgan fingerprint density at radius 2 is 1.88 bits per heavy atom. The van der Waals surface area contributed by atoms with E-state index in [9.17, 15) is 23.6 Å². The second kappa shape index (κ2) is 6.19. The lowest BCUT2D eigenvalue weighted by Gasteiger charge is -2.35. The molecule has 138 valence electrons. The van der Waals surface area contributed by atoms with Crippen molar-refractivity contribution in [2.75, 3.05) is 6.54 Å². The van der Waals surface area contributed by atoms with Crippen LogP contribution in [0.3, 0.4) is 0 Å². The molecule has 1 saturated heterocycles. The quantitative estimate of drug-likeness (QED) is 0.716. The number of amides is 4. The summed E-state index contributed by atoms with van der Waals surface area (Å²) in [5, 5.41) is 0. The van der Waals surface area contributed by atoms with Crippen LogP contribution in [0.15, 0.2) is 18.2 Å². The molecule has 1 aromatic carbocycles. The molecule has 2 aliphatic heterocycles. The standard InChI is InChI=1S/C18H19FN2O5/c1-18(2,3)26-17(25)20-9-5-8-12(15(20)23)21-14(22)10-6-4-7-11(19)13(10)16(21)24/h4,6-7,12H,5,8-9H2,1-3H3. The lowest BCUT2D eigenvalue weighted by Crippen LogP contribution is -2.56. The van der Waals surface area contributed by atoms with Gasteiger partial charge in [0.05, 0.1) is 11.1 Å². The molecule has 4 amide bonds. The molecule has 2 aliphatic rings. The maximum atomic E-state index is 14.0. The van der Waals surface area contributed by atoms with Gasteiger partial charge in [0.15, 0.2) is 0 Å². The average molecular weight is 362 g/mol. The number of rotatable bonds is 1. The Morgan fingerprint density at radius 1 is 1.19 bits per heavy atom. The zero-order valence-corrected chi connectivity index (χ0v) is 14.7. The van der Waals surface area contributed by atoms with E-state index in [1.165, 1.54) is 12.1 Å². The molecule has 0 N–H and O–H groups in total. The Hall–Kier alpha value is -2.77. The van der Waals surface area contributed by atoms with Gasteiger partial charge < -0.3 is 4.74 Å². The Kier molecular flexibility index (Phi) is 4.29. The molecule has 1 atom stereocenters. The molecule has 0 radical (unpaired) electrons. The second-order valence-electron chi connectivity index (χ2n) is 7.27. The summed E-state index contributed by atoms with van der Waals surface area (Å²) in [6, 6.07) is 2.61. The Balaban J connectivity index is 1.87. The highest BCUT2D eigenvalue weighted by atomic mass is 19.1. The molecule has 0 bridgehead atoms. The fraction of sp³-hybridized carbons (Fsp3) is 0.444. The number of halogens is 1. The molecule has 7 nitrogen and oxygen atoms in total. The average Bonchev–Trinajstić information content (AvgIpc) is 2.79. The van der Waals surface area contributed by atoms with E-state index in [4.69, 9.17) is 4.74 Å². The fourth-order valence-corrected chi connectivity index (χ4v) is 3.14. The summed E-state index contributed by atoms with van der Waals surface area (Å²) in [6.45, 7) is 5.15. The summed E-state index contributed by atoms with van der Waals surface area (Å²) >= 11 is 0. The topological polar surface area (TPSA) is 84.0 Å². The van der Waals surface area contributed by atoms with E-state index in [-0.39, 0.29) is 24.1 Å². The SMILES string of the molecule is CC(C)(C)OC(=O)N1CCCC(N2C(=O)c3cccc(F)c3C2=O)C1=O. The molecule has 8 heteroatoms. The van der Waals surface area contributed by atoms with Gasteiger partial charge in [-0.05, 0) is 45.7 Å². The molecule has 3 rings (SSSR count). The highest BCUT2D eigenvalue weighted by Crippen LogP contribution is 2.30. The van der Waals surface area contributed by atoms with E-state index in [1.54, 1.807) is 20.8 Å². The molecule has 0 aliphatic carbocycles. The fourth-order valence-electron chi connectivity index (χ4n) is 3.14. The molecule has 2 heterocycles. The van der Waals surface area contributed by atoms with Crippen LogP contribution in [0, 0.1) is 5.82 Å². The number of benzene rings is 1. The zero-order valence-electron chi connectivity index (χ0n) is 14.7. The number of carbonyl (C=O) groups excluding carboxylic acids is 4. The van der Waals surface area contributed by atoms with Gasteiger partial charge in [-0.15, -0.1) is 0 Å². The Labute approximate surface area is 149 Å². The summed E-state index contributed by atoms with van der Waals surface area (Å²) in [6.07, 6.45) is -0.202. The van der Waals surface area contributed by atoms with Crippen LogP contribution in [0.25, 0.3) is 0 Å². The highest BCUT2D eigenvalue weighted by Gasteiger charge is 2.47. The first-order chi connectivity index (χ1) is 12.1. The first-order valence-corrected chi connectivity index (χ1v) is 8.32. The largest absolute Gasteiger partial charge is 0.443 e. The number of imide groups is 2. The smallest absolute Gasteiger partial charge is 0.417 e. The Morgan fingerprint density at radius 3 is 2.50 bits per heavy atom. The lowest BCUT2D eigenvalue weighted by atomic mass is 10.0. The molecule has 1 unspecified atom stereocenters. The second-order valence-corrected chi connectivity index (χ2v) is 7.27. The number of fused-ring (bicyclic) bond motifs is 1. The minimum absolute atomic E-state index is 0.0720. The van der Waals surface area contributed by atoms with Crippen LogP contribution in [0.1, 0.15) is 54.3 Å². The van der Waals surface area contributed by atoms with Crippen LogP contribution < -0.4 is 0 Å². The molecule has 0 spiro atoms. The number of carbonyl (C=O) groups is 4. The van der Waals surface area contributed by atoms with Crippen LogP contribution in [0.5, 0.6) is 0 Å². The molecule has 1 fully saturated rings. The summed E-state index contributed by atoms with van der Waals surface area (Å²) in [5.41, 5.74) is -1.19. The summed E-state index contributed by atoms with van der Waals surface area (Å²) in [5.74, 6) is -3.09. The number of hydrogen-bond donors (Lipinski definition) is 0. The normalized spacial score (nSPS) is 20.5. The van der Waals surface area contributed by atoms with Gasteiger partial charge in [0, 0.05) is 6.54 Å². The first-order valence-electron chi connectivity index (χ1n) is 8.32. The van der Waals surface area contributed by atoms with Gasteiger partial charge in [-0.2, -0.15) is 0 Å². The van der Waals surface area contributed by atoms with Gasteiger partial charge in [-0.25, -0.2) is 14.1 Å². The van der Waals surface area contributed by atoms with Crippen LogP contribution >= 0.6 is 0 Å². The Bertz CT molecular complexity index is 814. The summed E-state index contributed by atoms with van der Waals surface area (Å²) in [7, 11) is 0. The number of nitrogens with zero attached hydrogens (tertiary/aromatic N) is 2. The number of hydrogen-bond acceptors (Lipinski definition) is 5. The van der Waals surface area contributed by atoms with Crippen LogP contribution in [0.4, 0.5) is 9.18 Å². The van der Waals surface area contributed by atoms with Crippen molar-refractivity contribution in [1.82, 2.24) is 9.80 Å². The van der Waals surface area contributed by atoms with Crippen LogP contribution in [0.2, 0.25) is 0 Å². The van der Waals surface area contributed by atoms with Gasteiger partial charge in [0.1, 0.15) is 17.5 Å². The van der Waals surface area contributed by atoms with Crippen molar-refractivity contribution in [3.8, 4) is 0 Å². The minimum Gasteiger partial charge on any atom is -0.443 e. The zero-order chi connectivity index (χ0) is 19.2. The van der Waals surface area contributed by atoms with Crippen molar-refractivity contribution in [3.63, 3.8) is 0 Å². The van der Waals surface area contributed by atoms with Crippen molar-refractivity contribution in [2.24, 2.45) is 0 Å². The van der Waals surface area contributed by atoms with Gasteiger partial charge in [0.25, 0.3) is 17.7 Å². The van der Waals surface area contributed by atoms with E-state index in [0.29, 0.717) is 6.42 Å². The molecule has 26 heavy (non-hydrogen) atoms. The molecule has 1 aromatic rings. The van der Waals surface area contributed by atoms with E-state index in [0.717, 1.165) is 15.9 Å². The van der Waals surface area contributed by atoms with Gasteiger partial charge in [-0.1, -0.05) is 6.07 Å². The van der Waals surface area contributed by atoms with Crippen molar-refractivity contribution in [1.29, 1.82) is 0 Å². The molecular formula is C18H19FN2O5. The van der Waals surface area contributed by atoms with Crippen molar-refractivity contribution in [3.05, 3.63) is 35.1 Å².